The topological polar surface area (TPSA) is 226 Å². The van der Waals surface area contributed by atoms with Crippen molar-refractivity contribution < 1.29 is 43.0 Å². The molecule has 1 saturated heterocycles. The molecule has 18 heteroatoms. The molecule has 5 amide bonds. The van der Waals surface area contributed by atoms with Crippen molar-refractivity contribution in [3.63, 3.8) is 0 Å². The molecule has 3 aromatic carbocycles. The van der Waals surface area contributed by atoms with E-state index in [4.69, 9.17) is 23.2 Å². The molecule has 0 saturated carbocycles. The summed E-state index contributed by atoms with van der Waals surface area (Å²) in [5.41, 5.74) is 2.79. The first-order valence-electron chi connectivity index (χ1n) is 17.7. The zero-order chi connectivity index (χ0) is 40.4. The summed E-state index contributed by atoms with van der Waals surface area (Å²) in [4.78, 5) is 65.8. The van der Waals surface area contributed by atoms with E-state index in [1.165, 1.54) is 30.1 Å². The number of nitrogens with zero attached hydrogens (tertiary/aromatic N) is 2. The van der Waals surface area contributed by atoms with Gasteiger partial charge in [-0.15, -0.1) is 0 Å². The van der Waals surface area contributed by atoms with Crippen LogP contribution in [0.25, 0.3) is 0 Å². The number of hydrogen-bond donors (Lipinski definition) is 5. The molecule has 3 atom stereocenters. The molecule has 0 aromatic heterocycles. The fourth-order valence-corrected chi connectivity index (χ4v) is 8.53. The molecule has 1 aliphatic rings. The second-order valence-corrected chi connectivity index (χ2v) is 16.5. The lowest BCUT2D eigenvalue weighted by Crippen LogP contribution is -2.52. The standard InChI is InChI=1S/C38H46Cl2N6O8S.CH4.H2O/c1-23(2)18-33(45(4)34(47)19-25-11-13-28(14-12-25)42-38(52)44-30-9-6-5-8-24(30)3)35(48)41-16-15-31(37(50)51)43-36(49)32-10-7-17-46(32)55(53,54)29-21-26(39)20-27(40)22-29;;/h5-6,8-9,11-14,20-23,31-33H,7,10,15-19H2,1-4H3,(H,41,48)(H,43,49)(H,50,51)(H2,42,44,52);1H4;1H2/t31-,32-,33-;;/m0../s1. The Morgan fingerprint density at radius 2 is 1.60 bits per heavy atom. The van der Waals surface area contributed by atoms with Crippen LogP contribution < -0.4 is 21.3 Å². The number of anilines is 2. The Hall–Kier alpha value is -4.74. The molecule has 1 aliphatic heterocycles. The van der Waals surface area contributed by atoms with E-state index in [0.29, 0.717) is 29.8 Å². The van der Waals surface area contributed by atoms with Gasteiger partial charge >= 0.3 is 12.0 Å². The number of carbonyl (C=O) groups excluding carboxylic acids is 4. The number of benzene rings is 3. The summed E-state index contributed by atoms with van der Waals surface area (Å²) in [5.74, 6) is -2.94. The minimum absolute atomic E-state index is 0. The number of hydrogen-bond acceptors (Lipinski definition) is 7. The number of para-hydroxylation sites is 1. The minimum atomic E-state index is -4.19. The summed E-state index contributed by atoms with van der Waals surface area (Å²) >= 11 is 12.0. The van der Waals surface area contributed by atoms with Crippen LogP contribution in [-0.4, -0.2) is 96.2 Å². The molecular weight excluding hydrogens is 799 g/mol. The maximum absolute atomic E-state index is 13.4. The summed E-state index contributed by atoms with van der Waals surface area (Å²) in [6.07, 6.45) is 0.659. The Morgan fingerprint density at radius 1 is 0.965 bits per heavy atom. The molecule has 4 rings (SSSR count). The lowest BCUT2D eigenvalue weighted by atomic mass is 10.0. The van der Waals surface area contributed by atoms with Crippen LogP contribution in [0.15, 0.2) is 71.6 Å². The predicted molar refractivity (Wildman–Crippen MR) is 221 cm³/mol. The number of carbonyl (C=O) groups is 5. The Bertz CT molecular complexity index is 1980. The smallest absolute Gasteiger partial charge is 0.326 e. The van der Waals surface area contributed by atoms with Gasteiger partial charge in [0.15, 0.2) is 0 Å². The highest BCUT2D eigenvalue weighted by Crippen LogP contribution is 2.30. The van der Waals surface area contributed by atoms with E-state index < -0.39 is 52.0 Å². The highest BCUT2D eigenvalue weighted by atomic mass is 35.5. The first-order chi connectivity index (χ1) is 26.0. The summed E-state index contributed by atoms with van der Waals surface area (Å²) in [6.45, 7) is 5.59. The van der Waals surface area contributed by atoms with Crippen LogP contribution in [0.4, 0.5) is 16.2 Å². The molecule has 3 aromatic rings. The number of aliphatic carboxylic acids is 1. The van der Waals surface area contributed by atoms with Crippen molar-refractivity contribution in [3.05, 3.63) is 87.9 Å². The molecule has 0 spiro atoms. The molecule has 57 heavy (non-hydrogen) atoms. The number of halogens is 2. The van der Waals surface area contributed by atoms with Gasteiger partial charge in [-0.3, -0.25) is 14.4 Å². The second-order valence-electron chi connectivity index (χ2n) is 13.8. The molecule has 312 valence electrons. The van der Waals surface area contributed by atoms with Gasteiger partial charge in [0, 0.05) is 41.6 Å². The van der Waals surface area contributed by atoms with E-state index in [1.807, 2.05) is 39.0 Å². The van der Waals surface area contributed by atoms with Gasteiger partial charge < -0.3 is 36.7 Å². The lowest BCUT2D eigenvalue weighted by Gasteiger charge is -2.29. The Balaban J connectivity index is 0.00000561. The van der Waals surface area contributed by atoms with E-state index in [2.05, 4.69) is 21.3 Å². The van der Waals surface area contributed by atoms with E-state index in [9.17, 15) is 37.5 Å². The zero-order valence-electron chi connectivity index (χ0n) is 31.5. The Labute approximate surface area is 343 Å². The summed E-state index contributed by atoms with van der Waals surface area (Å²) in [5, 5.41) is 20.8. The molecule has 15 nitrogen and oxygen atoms in total. The van der Waals surface area contributed by atoms with Crippen LogP contribution in [-0.2, 0) is 35.6 Å². The number of nitrogens with one attached hydrogen (secondary N) is 4. The third-order valence-corrected chi connectivity index (χ3v) is 11.4. The van der Waals surface area contributed by atoms with Crippen LogP contribution in [0.5, 0.6) is 0 Å². The van der Waals surface area contributed by atoms with E-state index >= 15 is 0 Å². The van der Waals surface area contributed by atoms with Crippen LogP contribution in [0.2, 0.25) is 10.0 Å². The van der Waals surface area contributed by atoms with Crippen molar-refractivity contribution in [2.24, 2.45) is 5.92 Å². The average Bonchev–Trinajstić information content (AvgIpc) is 3.62. The number of amides is 5. The van der Waals surface area contributed by atoms with Crippen molar-refractivity contribution in [1.29, 1.82) is 0 Å². The Kier molecular flexibility index (Phi) is 18.4. The number of likely N-dealkylation sites (N-methyl/N-ethyl adjacent to an activating group) is 1. The third-order valence-electron chi connectivity index (χ3n) is 9.11. The highest BCUT2D eigenvalue weighted by molar-refractivity contribution is 7.89. The predicted octanol–water partition coefficient (Wildman–Crippen LogP) is 5.10. The van der Waals surface area contributed by atoms with E-state index in [-0.39, 0.29) is 72.0 Å². The molecule has 0 radical (unpaired) electrons. The molecule has 0 aliphatic carbocycles. The number of urea groups is 1. The number of sulfonamides is 1. The molecule has 1 heterocycles. The summed E-state index contributed by atoms with van der Waals surface area (Å²) in [6, 6.07) is 14.1. The fourth-order valence-electron chi connectivity index (χ4n) is 6.15. The monoisotopic (exact) mass is 850 g/mol. The normalized spacial score (nSPS) is 15.0. The highest BCUT2D eigenvalue weighted by Gasteiger charge is 2.41. The molecular formula is C39H52Cl2N6O9S. The number of carboxylic acid groups (broad SMARTS) is 1. The van der Waals surface area contributed by atoms with Crippen LogP contribution in [0.3, 0.4) is 0 Å². The number of carboxylic acids is 1. The van der Waals surface area contributed by atoms with Gasteiger partial charge in [0.2, 0.25) is 27.7 Å². The van der Waals surface area contributed by atoms with Crippen molar-refractivity contribution >= 4 is 74.3 Å². The largest absolute Gasteiger partial charge is 0.480 e. The van der Waals surface area contributed by atoms with Crippen molar-refractivity contribution in [2.45, 2.75) is 83.3 Å². The SMILES string of the molecule is C.Cc1ccccc1NC(=O)Nc1ccc(CC(=O)N(C)[C@@H](CC(C)C)C(=O)NCC[C@H](NC(=O)[C@@H]2CCCN2S(=O)(=O)c2cc(Cl)cc(Cl)c2)C(=O)O)cc1.O. The quantitative estimate of drug-likeness (QED) is 0.130. The minimum Gasteiger partial charge on any atom is -0.480 e. The fraction of sp³-hybridized carbons (Fsp3) is 0.410. The van der Waals surface area contributed by atoms with Gasteiger partial charge in [-0.2, -0.15) is 4.31 Å². The third kappa shape index (κ3) is 13.4. The van der Waals surface area contributed by atoms with E-state index in [0.717, 1.165) is 9.87 Å². The van der Waals surface area contributed by atoms with Gasteiger partial charge in [-0.25, -0.2) is 18.0 Å². The van der Waals surface area contributed by atoms with Gasteiger partial charge in [-0.1, -0.05) is 74.8 Å². The molecule has 1 fully saturated rings. The number of rotatable bonds is 16. The summed E-state index contributed by atoms with van der Waals surface area (Å²) in [7, 11) is -2.66. The van der Waals surface area contributed by atoms with Gasteiger partial charge in [-0.05, 0) is 86.1 Å². The van der Waals surface area contributed by atoms with Crippen molar-refractivity contribution in [1.82, 2.24) is 19.8 Å². The lowest BCUT2D eigenvalue weighted by molar-refractivity contribution is -0.142. The molecule has 0 unspecified atom stereocenters. The molecule has 0 bridgehead atoms. The maximum Gasteiger partial charge on any atom is 0.326 e. The van der Waals surface area contributed by atoms with Crippen LogP contribution in [0, 0.1) is 12.8 Å². The first-order valence-corrected chi connectivity index (χ1v) is 19.9. The number of aryl methyl sites for hydroxylation is 1. The Morgan fingerprint density at radius 3 is 2.19 bits per heavy atom. The van der Waals surface area contributed by atoms with Gasteiger partial charge in [0.05, 0.1) is 11.3 Å². The van der Waals surface area contributed by atoms with Crippen LogP contribution in [0.1, 0.15) is 58.1 Å². The van der Waals surface area contributed by atoms with Gasteiger partial charge in [0.1, 0.15) is 18.1 Å². The van der Waals surface area contributed by atoms with Crippen LogP contribution >= 0.6 is 23.2 Å². The average molecular weight is 852 g/mol. The zero-order valence-corrected chi connectivity index (χ0v) is 33.8. The maximum atomic E-state index is 13.4. The first kappa shape index (κ1) is 48.4. The summed E-state index contributed by atoms with van der Waals surface area (Å²) < 4.78 is 27.8. The van der Waals surface area contributed by atoms with Gasteiger partial charge in [0.25, 0.3) is 0 Å². The van der Waals surface area contributed by atoms with Crippen molar-refractivity contribution in [3.8, 4) is 0 Å². The second kappa shape index (κ2) is 21.7. The van der Waals surface area contributed by atoms with Crippen molar-refractivity contribution in [2.75, 3.05) is 30.8 Å². The molecule has 7 N–H and O–H groups in total. The van der Waals surface area contributed by atoms with E-state index in [1.54, 1.807) is 30.3 Å².